The number of aromatic nitrogens is 2. The number of carbonyl (C=O) groups excluding carboxylic acids is 2. The van der Waals surface area contributed by atoms with Crippen LogP contribution in [0.1, 0.15) is 103 Å². The smallest absolute Gasteiger partial charge is 0.444 e. The SMILES string of the molecule is CC(C)c1nc(-c2cc(NC(=O)OC(C)(C)C)cc(F)c2OC(F)(F)F)c(F)c2c1c(C1C3CN(C(=O)OC(C)(C)C)CC31)c(CCO)n2C1CC1. The molecule has 0 bridgehead atoms. The van der Waals surface area contributed by atoms with Crippen molar-refractivity contribution < 1.29 is 50.9 Å². The molecule has 3 fully saturated rings. The fourth-order valence-corrected chi connectivity index (χ4v) is 7.43. The Morgan fingerprint density at radius 2 is 1.62 bits per heavy atom. The van der Waals surface area contributed by atoms with E-state index in [1.54, 1.807) is 46.4 Å². The monoisotopic (exact) mass is 736 g/mol. The average Bonchev–Trinajstić information content (AvgIpc) is 3.86. The van der Waals surface area contributed by atoms with Crippen molar-refractivity contribution in [3.63, 3.8) is 0 Å². The summed E-state index contributed by atoms with van der Waals surface area (Å²) in [6.45, 7) is 14.4. The van der Waals surface area contributed by atoms with Gasteiger partial charge in [-0.3, -0.25) is 5.32 Å². The molecule has 2 atom stereocenters. The van der Waals surface area contributed by atoms with Crippen LogP contribution in [0.25, 0.3) is 22.2 Å². The first-order chi connectivity index (χ1) is 24.1. The normalized spacial score (nSPS) is 20.4. The van der Waals surface area contributed by atoms with Gasteiger partial charge in [0.15, 0.2) is 17.4 Å². The number of halogens is 5. The van der Waals surface area contributed by atoms with Crippen LogP contribution in [0.2, 0.25) is 0 Å². The minimum absolute atomic E-state index is 0.0439. The number of anilines is 1. The molecule has 3 aliphatic rings. The molecule has 6 rings (SSSR count). The molecule has 1 aliphatic heterocycles. The summed E-state index contributed by atoms with van der Waals surface area (Å²) < 4.78 is 90.8. The third-order valence-corrected chi connectivity index (χ3v) is 9.40. The molecule has 15 heteroatoms. The zero-order chi connectivity index (χ0) is 38.2. The topological polar surface area (TPSA) is 115 Å². The predicted molar refractivity (Wildman–Crippen MR) is 182 cm³/mol. The lowest BCUT2D eigenvalue weighted by Gasteiger charge is -2.26. The van der Waals surface area contributed by atoms with E-state index in [0.717, 1.165) is 11.6 Å². The number of benzene rings is 1. The van der Waals surface area contributed by atoms with Crippen molar-refractivity contribution in [3.05, 3.63) is 40.7 Å². The molecule has 2 saturated carbocycles. The number of likely N-dealkylation sites (tertiary alicyclic amines) is 1. The van der Waals surface area contributed by atoms with Gasteiger partial charge in [-0.15, -0.1) is 13.2 Å². The Balaban J connectivity index is 1.53. The van der Waals surface area contributed by atoms with Crippen LogP contribution in [0.3, 0.4) is 0 Å². The third-order valence-electron chi connectivity index (χ3n) is 9.40. The molecular weight excluding hydrogens is 691 g/mol. The summed E-state index contributed by atoms with van der Waals surface area (Å²) in [6, 6.07) is 1.47. The maximum Gasteiger partial charge on any atom is 0.573 e. The number of alkyl halides is 3. The Kier molecular flexibility index (Phi) is 9.45. The van der Waals surface area contributed by atoms with Crippen molar-refractivity contribution in [1.82, 2.24) is 14.5 Å². The lowest BCUT2D eigenvalue weighted by molar-refractivity contribution is -0.275. The molecule has 1 aromatic carbocycles. The van der Waals surface area contributed by atoms with Gasteiger partial charge in [0.1, 0.15) is 16.9 Å². The molecule has 284 valence electrons. The summed E-state index contributed by atoms with van der Waals surface area (Å²) in [6.07, 6.45) is -5.15. The number of pyridine rings is 1. The number of nitrogens with zero attached hydrogens (tertiary/aromatic N) is 3. The number of aliphatic hydroxyl groups is 1. The Hall–Kier alpha value is -4.14. The number of hydrogen-bond donors (Lipinski definition) is 2. The van der Waals surface area contributed by atoms with E-state index < -0.39 is 58.4 Å². The number of aliphatic hydroxyl groups excluding tert-OH is 1. The highest BCUT2D eigenvalue weighted by Crippen LogP contribution is 2.62. The molecule has 3 aromatic rings. The number of rotatable bonds is 8. The molecule has 2 aromatic heterocycles. The van der Waals surface area contributed by atoms with Crippen LogP contribution in [0.4, 0.5) is 37.2 Å². The highest BCUT2D eigenvalue weighted by atomic mass is 19.4. The highest BCUT2D eigenvalue weighted by Gasteiger charge is 2.59. The number of carbonyl (C=O) groups is 2. The second-order valence-electron chi connectivity index (χ2n) is 16.2. The van der Waals surface area contributed by atoms with Gasteiger partial charge in [0.2, 0.25) is 0 Å². The number of amides is 2. The maximum absolute atomic E-state index is 17.4. The molecule has 2 N–H and O–H groups in total. The van der Waals surface area contributed by atoms with Gasteiger partial charge in [-0.1, -0.05) is 13.8 Å². The van der Waals surface area contributed by atoms with Crippen molar-refractivity contribution in [2.75, 3.05) is 25.0 Å². The zero-order valence-corrected chi connectivity index (χ0v) is 30.5. The van der Waals surface area contributed by atoms with E-state index in [1.807, 2.05) is 18.4 Å². The third kappa shape index (κ3) is 7.51. The standard InChI is InChI=1S/C37H45F5N4O6/c1-17(2)29-27-26(25-21-15-45(16-22(21)25)34(49)52-36(6,7)8)24(11-12-47)46(19-9-10-19)31(27)28(39)30(44-29)20-13-18(43-33(48)51-35(3,4)5)14-23(38)32(20)50-37(40,41)42/h13-14,17,19,21-22,25,47H,9-12,15-16H2,1-8H3,(H,43,48). The van der Waals surface area contributed by atoms with Crippen LogP contribution in [-0.4, -0.2) is 69.0 Å². The molecule has 0 spiro atoms. The lowest BCUT2D eigenvalue weighted by atomic mass is 9.95. The van der Waals surface area contributed by atoms with Crippen LogP contribution in [0.5, 0.6) is 5.75 Å². The summed E-state index contributed by atoms with van der Waals surface area (Å²) in [5.41, 5.74) is -1.15. The van der Waals surface area contributed by atoms with Gasteiger partial charge < -0.3 is 28.8 Å². The van der Waals surface area contributed by atoms with Crippen molar-refractivity contribution >= 4 is 28.8 Å². The van der Waals surface area contributed by atoms with Crippen LogP contribution < -0.4 is 10.1 Å². The molecular formula is C37H45F5N4O6. The molecule has 10 nitrogen and oxygen atoms in total. The van der Waals surface area contributed by atoms with Crippen LogP contribution in [-0.2, 0) is 15.9 Å². The van der Waals surface area contributed by atoms with Crippen molar-refractivity contribution in [2.45, 2.75) is 110 Å². The van der Waals surface area contributed by atoms with E-state index in [9.17, 15) is 27.9 Å². The van der Waals surface area contributed by atoms with Gasteiger partial charge in [-0.25, -0.2) is 23.4 Å². The maximum atomic E-state index is 17.4. The molecule has 2 unspecified atom stereocenters. The second kappa shape index (κ2) is 13.1. The summed E-state index contributed by atoms with van der Waals surface area (Å²) >= 11 is 0. The Morgan fingerprint density at radius 1 is 1.00 bits per heavy atom. The predicted octanol–water partition coefficient (Wildman–Crippen LogP) is 8.80. The van der Waals surface area contributed by atoms with Gasteiger partial charge in [0.05, 0.1) is 16.8 Å². The van der Waals surface area contributed by atoms with E-state index in [0.29, 0.717) is 48.8 Å². The lowest BCUT2D eigenvalue weighted by Crippen LogP contribution is -2.36. The number of nitrogens with one attached hydrogen (secondary N) is 1. The summed E-state index contributed by atoms with van der Waals surface area (Å²) in [4.78, 5) is 31.7. The minimum atomic E-state index is -5.34. The van der Waals surface area contributed by atoms with Crippen LogP contribution in [0, 0.1) is 23.5 Å². The summed E-state index contributed by atoms with van der Waals surface area (Å²) in [5, 5.41) is 13.1. The van der Waals surface area contributed by atoms with E-state index in [4.69, 9.17) is 9.47 Å². The Morgan fingerprint density at radius 3 is 2.13 bits per heavy atom. The number of piperidine rings is 1. The second-order valence-corrected chi connectivity index (χ2v) is 16.2. The molecule has 2 amide bonds. The molecule has 3 heterocycles. The van der Waals surface area contributed by atoms with E-state index in [-0.39, 0.29) is 53.9 Å². The van der Waals surface area contributed by atoms with E-state index in [1.165, 1.54) is 0 Å². The zero-order valence-electron chi connectivity index (χ0n) is 30.5. The van der Waals surface area contributed by atoms with E-state index in [2.05, 4.69) is 15.0 Å². The number of fused-ring (bicyclic) bond motifs is 2. The summed E-state index contributed by atoms with van der Waals surface area (Å²) in [5.74, 6) is -4.18. The van der Waals surface area contributed by atoms with Gasteiger partial charge >= 0.3 is 18.5 Å². The van der Waals surface area contributed by atoms with Gasteiger partial charge in [0.25, 0.3) is 0 Å². The number of ether oxygens (including phenoxy) is 3. The number of hydrogen-bond acceptors (Lipinski definition) is 7. The van der Waals surface area contributed by atoms with Crippen molar-refractivity contribution in [1.29, 1.82) is 0 Å². The van der Waals surface area contributed by atoms with Gasteiger partial charge in [-0.2, -0.15) is 0 Å². The van der Waals surface area contributed by atoms with E-state index >= 15 is 8.78 Å². The fourth-order valence-electron chi connectivity index (χ4n) is 7.43. The molecule has 52 heavy (non-hydrogen) atoms. The van der Waals surface area contributed by atoms with Crippen molar-refractivity contribution in [2.24, 2.45) is 11.8 Å². The Bertz CT molecular complexity index is 1900. The van der Waals surface area contributed by atoms with Gasteiger partial charge in [-0.05, 0) is 89.7 Å². The van der Waals surface area contributed by atoms with Gasteiger partial charge in [0, 0.05) is 55.0 Å². The Labute approximate surface area is 298 Å². The van der Waals surface area contributed by atoms with Crippen molar-refractivity contribution in [3.8, 4) is 17.0 Å². The first kappa shape index (κ1) is 37.6. The van der Waals surface area contributed by atoms with Crippen LogP contribution in [0.15, 0.2) is 12.1 Å². The summed E-state index contributed by atoms with van der Waals surface area (Å²) in [7, 11) is 0. The average molecular weight is 737 g/mol. The van der Waals surface area contributed by atoms with Crippen LogP contribution >= 0.6 is 0 Å². The molecule has 0 radical (unpaired) electrons. The largest absolute Gasteiger partial charge is 0.573 e. The molecule has 2 aliphatic carbocycles. The molecule has 1 saturated heterocycles. The fraction of sp³-hybridized carbons (Fsp3) is 0.595. The minimum Gasteiger partial charge on any atom is -0.444 e. The first-order valence-corrected chi connectivity index (χ1v) is 17.5. The quantitative estimate of drug-likeness (QED) is 0.222. The first-order valence-electron chi connectivity index (χ1n) is 17.5. The highest BCUT2D eigenvalue weighted by molar-refractivity contribution is 5.94.